The summed E-state index contributed by atoms with van der Waals surface area (Å²) in [6, 6.07) is 8.26. The number of piperidine rings is 1. The molecule has 1 aliphatic rings. The number of fused-ring (bicyclic) bond motifs is 1. The topological polar surface area (TPSA) is 41.1 Å². The molecular formula is C14H15BrN2OS. The second-order valence-corrected chi connectivity index (χ2v) is 6.69. The molecule has 2 heterocycles. The van der Waals surface area contributed by atoms with Crippen molar-refractivity contribution in [3.8, 4) is 0 Å². The van der Waals surface area contributed by atoms with Crippen LogP contribution in [0.1, 0.15) is 22.5 Å². The van der Waals surface area contributed by atoms with E-state index in [0.717, 1.165) is 45.4 Å². The molecule has 0 saturated carbocycles. The molecule has 1 fully saturated rings. The molecule has 3 nitrogen and oxygen atoms in total. The first-order valence-electron chi connectivity index (χ1n) is 6.44. The van der Waals surface area contributed by atoms with E-state index >= 15 is 0 Å². The zero-order valence-electron chi connectivity index (χ0n) is 10.4. The van der Waals surface area contributed by atoms with E-state index in [4.69, 9.17) is 0 Å². The largest absolute Gasteiger partial charge is 0.347 e. The molecule has 5 heteroatoms. The summed E-state index contributed by atoms with van der Waals surface area (Å²) in [5, 5.41) is 7.53. The molecule has 2 N–H and O–H groups in total. The van der Waals surface area contributed by atoms with Crippen LogP contribution < -0.4 is 10.6 Å². The second-order valence-electron chi connectivity index (χ2n) is 4.79. The molecular weight excluding hydrogens is 324 g/mol. The van der Waals surface area contributed by atoms with Gasteiger partial charge in [-0.2, -0.15) is 0 Å². The van der Waals surface area contributed by atoms with Crippen molar-refractivity contribution in [2.24, 2.45) is 0 Å². The highest BCUT2D eigenvalue weighted by Crippen LogP contribution is 2.31. The Morgan fingerprint density at radius 2 is 2.37 bits per heavy atom. The van der Waals surface area contributed by atoms with Crippen LogP contribution in [0.15, 0.2) is 28.7 Å². The Morgan fingerprint density at radius 3 is 3.11 bits per heavy atom. The number of hydrogen-bond donors (Lipinski definition) is 2. The highest BCUT2D eigenvalue weighted by atomic mass is 79.9. The maximum atomic E-state index is 12.3. The predicted molar refractivity (Wildman–Crippen MR) is 82.9 cm³/mol. The molecule has 0 spiro atoms. The van der Waals surface area contributed by atoms with Crippen LogP contribution in [0.2, 0.25) is 0 Å². The first-order chi connectivity index (χ1) is 9.24. The Morgan fingerprint density at radius 1 is 1.47 bits per heavy atom. The van der Waals surface area contributed by atoms with E-state index in [1.54, 1.807) is 11.3 Å². The van der Waals surface area contributed by atoms with Crippen molar-refractivity contribution < 1.29 is 4.79 Å². The van der Waals surface area contributed by atoms with Crippen LogP contribution in [-0.2, 0) is 0 Å². The number of nitrogens with one attached hydrogen (secondary N) is 2. The van der Waals surface area contributed by atoms with Crippen molar-refractivity contribution in [3.05, 3.63) is 33.6 Å². The van der Waals surface area contributed by atoms with E-state index in [0.29, 0.717) is 0 Å². The van der Waals surface area contributed by atoms with Gasteiger partial charge in [-0.3, -0.25) is 4.79 Å². The van der Waals surface area contributed by atoms with E-state index in [-0.39, 0.29) is 11.9 Å². The number of hydrogen-bond acceptors (Lipinski definition) is 3. The van der Waals surface area contributed by atoms with Gasteiger partial charge in [-0.15, -0.1) is 11.3 Å². The Labute approximate surface area is 124 Å². The van der Waals surface area contributed by atoms with Gasteiger partial charge in [0.15, 0.2) is 0 Å². The van der Waals surface area contributed by atoms with Gasteiger partial charge >= 0.3 is 0 Å². The van der Waals surface area contributed by atoms with Crippen molar-refractivity contribution in [1.82, 2.24) is 10.6 Å². The molecule has 100 valence electrons. The molecule has 3 rings (SSSR count). The van der Waals surface area contributed by atoms with Crippen molar-refractivity contribution in [2.75, 3.05) is 13.1 Å². The minimum Gasteiger partial charge on any atom is -0.347 e. The number of halogens is 1. The Bertz CT molecular complexity index is 605. The number of thiophene rings is 1. The maximum Gasteiger partial charge on any atom is 0.261 e. The van der Waals surface area contributed by atoms with Crippen LogP contribution >= 0.6 is 27.3 Å². The minimum atomic E-state index is 0.0433. The SMILES string of the molecule is O=C(N[C@@H]1CCCNC1)c1cc2cccc(Br)c2s1. The molecule has 1 aromatic carbocycles. The van der Waals surface area contributed by atoms with Crippen LogP contribution in [0.5, 0.6) is 0 Å². The van der Waals surface area contributed by atoms with Crippen LogP contribution in [0.4, 0.5) is 0 Å². The summed E-state index contributed by atoms with van der Waals surface area (Å²) in [4.78, 5) is 13.0. The zero-order valence-corrected chi connectivity index (χ0v) is 12.8. The van der Waals surface area contributed by atoms with E-state index in [1.165, 1.54) is 0 Å². The molecule has 0 unspecified atom stereocenters. The highest BCUT2D eigenvalue weighted by Gasteiger charge is 2.18. The molecule has 0 radical (unpaired) electrons. The van der Waals surface area contributed by atoms with Gasteiger partial charge in [0.1, 0.15) is 0 Å². The van der Waals surface area contributed by atoms with Gasteiger partial charge in [-0.1, -0.05) is 12.1 Å². The molecule has 1 saturated heterocycles. The molecule has 2 aromatic rings. The third-order valence-corrected chi connectivity index (χ3v) is 5.46. The average molecular weight is 339 g/mol. The normalized spacial score (nSPS) is 19.5. The smallest absolute Gasteiger partial charge is 0.261 e. The molecule has 1 aromatic heterocycles. The Balaban J connectivity index is 1.79. The van der Waals surface area contributed by atoms with Gasteiger partial charge < -0.3 is 10.6 Å². The van der Waals surface area contributed by atoms with Gasteiger partial charge in [0.05, 0.1) is 4.88 Å². The summed E-state index contributed by atoms with van der Waals surface area (Å²) < 4.78 is 2.18. The minimum absolute atomic E-state index is 0.0433. The fourth-order valence-corrected chi connectivity index (χ4v) is 3.96. The average Bonchev–Trinajstić information content (AvgIpc) is 2.85. The number of benzene rings is 1. The molecule has 19 heavy (non-hydrogen) atoms. The lowest BCUT2D eigenvalue weighted by atomic mass is 10.1. The van der Waals surface area contributed by atoms with E-state index in [1.807, 2.05) is 24.3 Å². The van der Waals surface area contributed by atoms with Gasteiger partial charge in [-0.25, -0.2) is 0 Å². The Kier molecular flexibility index (Phi) is 3.86. The lowest BCUT2D eigenvalue weighted by Gasteiger charge is -2.23. The van der Waals surface area contributed by atoms with E-state index in [9.17, 15) is 4.79 Å². The summed E-state index contributed by atoms with van der Waals surface area (Å²) in [6.07, 6.45) is 2.19. The fourth-order valence-electron chi connectivity index (χ4n) is 2.37. The third-order valence-electron chi connectivity index (χ3n) is 3.35. The summed E-state index contributed by atoms with van der Waals surface area (Å²) in [7, 11) is 0. The summed E-state index contributed by atoms with van der Waals surface area (Å²) in [5.74, 6) is 0.0433. The molecule has 1 atom stereocenters. The van der Waals surface area contributed by atoms with Gasteiger partial charge in [0.2, 0.25) is 0 Å². The number of rotatable bonds is 2. The lowest BCUT2D eigenvalue weighted by Crippen LogP contribution is -2.45. The summed E-state index contributed by atoms with van der Waals surface area (Å²) >= 11 is 5.07. The number of carbonyl (C=O) groups excluding carboxylic acids is 1. The van der Waals surface area contributed by atoms with Crippen molar-refractivity contribution in [3.63, 3.8) is 0 Å². The van der Waals surface area contributed by atoms with Crippen LogP contribution in [0.3, 0.4) is 0 Å². The summed E-state index contributed by atoms with van der Waals surface area (Å²) in [6.45, 7) is 1.93. The highest BCUT2D eigenvalue weighted by molar-refractivity contribution is 9.10. The molecule has 1 aliphatic heterocycles. The monoisotopic (exact) mass is 338 g/mol. The van der Waals surface area contributed by atoms with Gasteiger partial charge in [0, 0.05) is 21.8 Å². The van der Waals surface area contributed by atoms with Crippen LogP contribution in [0, 0.1) is 0 Å². The lowest BCUT2D eigenvalue weighted by molar-refractivity contribution is 0.0935. The third kappa shape index (κ3) is 2.83. The van der Waals surface area contributed by atoms with Crippen molar-refractivity contribution >= 4 is 43.3 Å². The standard InChI is InChI=1S/C14H15BrN2OS/c15-11-5-1-3-9-7-12(19-13(9)11)14(18)17-10-4-2-6-16-8-10/h1,3,5,7,10,16H,2,4,6,8H2,(H,17,18)/t10-/m1/s1. The quantitative estimate of drug-likeness (QED) is 0.883. The van der Waals surface area contributed by atoms with E-state index in [2.05, 4.69) is 26.6 Å². The maximum absolute atomic E-state index is 12.3. The van der Waals surface area contributed by atoms with Crippen molar-refractivity contribution in [2.45, 2.75) is 18.9 Å². The first kappa shape index (κ1) is 13.1. The zero-order chi connectivity index (χ0) is 13.2. The number of carbonyl (C=O) groups is 1. The second kappa shape index (κ2) is 5.61. The molecule has 0 bridgehead atoms. The number of amides is 1. The molecule has 0 aliphatic carbocycles. The van der Waals surface area contributed by atoms with Crippen LogP contribution in [0.25, 0.3) is 10.1 Å². The molecule has 1 amide bonds. The van der Waals surface area contributed by atoms with E-state index < -0.39 is 0 Å². The fraction of sp³-hybridized carbons (Fsp3) is 0.357. The predicted octanol–water partition coefficient (Wildman–Crippen LogP) is 3.15. The van der Waals surface area contributed by atoms with Crippen molar-refractivity contribution in [1.29, 1.82) is 0 Å². The van der Waals surface area contributed by atoms with Crippen LogP contribution in [-0.4, -0.2) is 25.0 Å². The van der Waals surface area contributed by atoms with Gasteiger partial charge in [-0.05, 0) is 52.8 Å². The summed E-state index contributed by atoms with van der Waals surface area (Å²) in [5.41, 5.74) is 0. The first-order valence-corrected chi connectivity index (χ1v) is 8.04. The van der Waals surface area contributed by atoms with Gasteiger partial charge in [0.25, 0.3) is 5.91 Å². The Hall–Kier alpha value is -0.910.